The average Bonchev–Trinajstić information content (AvgIpc) is 3.17. The van der Waals surface area contributed by atoms with Gasteiger partial charge in [-0.3, -0.25) is 9.69 Å². The number of phenolic OH excluding ortho intramolecular Hbond substituents is 1. The highest BCUT2D eigenvalue weighted by Gasteiger charge is 2.23. The number of rotatable bonds is 8. The molecule has 2 aliphatic heterocycles. The van der Waals surface area contributed by atoms with Gasteiger partial charge in [0.25, 0.3) is 5.91 Å². The predicted molar refractivity (Wildman–Crippen MR) is 154 cm³/mol. The summed E-state index contributed by atoms with van der Waals surface area (Å²) in [4.78, 5) is 22.8. The van der Waals surface area contributed by atoms with E-state index in [9.17, 15) is 9.90 Å². The molecule has 204 valence electrons. The van der Waals surface area contributed by atoms with Crippen LogP contribution in [0.25, 0.3) is 10.9 Å². The van der Waals surface area contributed by atoms with Crippen LogP contribution in [0.3, 0.4) is 0 Å². The van der Waals surface area contributed by atoms with Gasteiger partial charge in [-0.2, -0.15) is 0 Å². The van der Waals surface area contributed by atoms with Crippen LogP contribution < -0.4 is 0 Å². The summed E-state index contributed by atoms with van der Waals surface area (Å²) in [6.07, 6.45) is 2.05. The number of fused-ring (bicyclic) bond motifs is 1. The van der Waals surface area contributed by atoms with Crippen molar-refractivity contribution in [1.29, 1.82) is 0 Å². The molecular formula is C31H43N5O2. The number of amides is 1. The Morgan fingerprint density at radius 2 is 1.55 bits per heavy atom. The van der Waals surface area contributed by atoms with Crippen molar-refractivity contribution in [3.05, 3.63) is 64.8 Å². The molecule has 0 aliphatic carbocycles. The van der Waals surface area contributed by atoms with E-state index in [0.717, 1.165) is 96.0 Å². The van der Waals surface area contributed by atoms with E-state index in [0.29, 0.717) is 5.75 Å². The Morgan fingerprint density at radius 3 is 2.29 bits per heavy atom. The molecule has 2 aromatic carbocycles. The molecule has 7 nitrogen and oxygen atoms in total. The number of piperazine rings is 2. The standard InChI is InChI=1S/C31H43N5O2/c1-24-25(2)36(12-5-11-33-16-14-32(3)15-17-33)30-9-8-27(23-29(24)30)31(38)35-20-18-34(19-21-35)13-10-26-6-4-7-28(37)22-26/h4,6-9,22-23,37H,5,10-21H2,1-3H3. The highest BCUT2D eigenvalue weighted by atomic mass is 16.3. The largest absolute Gasteiger partial charge is 0.508 e. The number of likely N-dealkylation sites (N-methyl/N-ethyl adjacent to an activating group) is 1. The average molecular weight is 518 g/mol. The summed E-state index contributed by atoms with van der Waals surface area (Å²) >= 11 is 0. The predicted octanol–water partition coefficient (Wildman–Crippen LogP) is 3.60. The second kappa shape index (κ2) is 11.9. The zero-order valence-electron chi connectivity index (χ0n) is 23.3. The van der Waals surface area contributed by atoms with Gasteiger partial charge in [-0.25, -0.2) is 0 Å². The lowest BCUT2D eigenvalue weighted by atomic mass is 10.1. The van der Waals surface area contributed by atoms with E-state index in [1.165, 1.54) is 22.2 Å². The minimum Gasteiger partial charge on any atom is -0.508 e. The quantitative estimate of drug-likeness (QED) is 0.495. The number of hydrogen-bond donors (Lipinski definition) is 1. The fourth-order valence-electron chi connectivity index (χ4n) is 5.95. The second-order valence-electron chi connectivity index (χ2n) is 11.1. The number of aromatic hydroxyl groups is 1. The Balaban J connectivity index is 1.17. The van der Waals surface area contributed by atoms with E-state index < -0.39 is 0 Å². The molecule has 0 radical (unpaired) electrons. The number of carbonyl (C=O) groups excluding carboxylic acids is 1. The molecule has 1 amide bonds. The maximum atomic E-state index is 13.4. The molecule has 5 rings (SSSR count). The van der Waals surface area contributed by atoms with Crippen molar-refractivity contribution in [1.82, 2.24) is 24.2 Å². The van der Waals surface area contributed by atoms with E-state index in [1.807, 2.05) is 23.1 Å². The fraction of sp³-hybridized carbons (Fsp3) is 0.516. The van der Waals surface area contributed by atoms with Crippen molar-refractivity contribution in [2.45, 2.75) is 33.2 Å². The highest BCUT2D eigenvalue weighted by Crippen LogP contribution is 2.27. The summed E-state index contributed by atoms with van der Waals surface area (Å²) in [5.74, 6) is 0.459. The molecule has 2 fully saturated rings. The van der Waals surface area contributed by atoms with Gasteiger partial charge in [0.15, 0.2) is 0 Å². The SMILES string of the molecule is Cc1c(C)n(CCCN2CCN(C)CC2)c2ccc(C(=O)N3CCN(CCc4cccc(O)c4)CC3)cc12. The summed E-state index contributed by atoms with van der Waals surface area (Å²) in [7, 11) is 2.20. The van der Waals surface area contributed by atoms with Crippen LogP contribution in [0.5, 0.6) is 5.75 Å². The zero-order valence-corrected chi connectivity index (χ0v) is 23.3. The summed E-state index contributed by atoms with van der Waals surface area (Å²) in [6.45, 7) is 15.4. The first kappa shape index (κ1) is 26.7. The maximum absolute atomic E-state index is 13.4. The summed E-state index contributed by atoms with van der Waals surface area (Å²) in [5.41, 5.74) is 5.78. The van der Waals surface area contributed by atoms with Gasteiger partial charge >= 0.3 is 0 Å². The number of aryl methyl sites for hydroxylation is 2. The lowest BCUT2D eigenvalue weighted by molar-refractivity contribution is 0.0638. The first-order valence-electron chi connectivity index (χ1n) is 14.2. The van der Waals surface area contributed by atoms with Crippen LogP contribution in [0.15, 0.2) is 42.5 Å². The number of nitrogens with zero attached hydrogens (tertiary/aromatic N) is 5. The third-order valence-corrected chi connectivity index (χ3v) is 8.62. The second-order valence-corrected chi connectivity index (χ2v) is 11.1. The zero-order chi connectivity index (χ0) is 26.6. The van der Waals surface area contributed by atoms with Crippen molar-refractivity contribution in [2.24, 2.45) is 0 Å². The third-order valence-electron chi connectivity index (χ3n) is 8.62. The first-order valence-corrected chi connectivity index (χ1v) is 14.2. The number of phenols is 1. The van der Waals surface area contributed by atoms with Crippen molar-refractivity contribution in [3.8, 4) is 5.75 Å². The number of benzene rings is 2. The minimum atomic E-state index is 0.138. The summed E-state index contributed by atoms with van der Waals surface area (Å²) < 4.78 is 2.44. The Morgan fingerprint density at radius 1 is 0.842 bits per heavy atom. The maximum Gasteiger partial charge on any atom is 0.253 e. The molecular weight excluding hydrogens is 474 g/mol. The number of hydrogen-bond acceptors (Lipinski definition) is 5. The van der Waals surface area contributed by atoms with Gasteiger partial charge in [0.2, 0.25) is 0 Å². The van der Waals surface area contributed by atoms with Crippen LogP contribution in [0.1, 0.15) is 33.6 Å². The molecule has 7 heteroatoms. The Kier molecular flexibility index (Phi) is 8.36. The molecule has 1 N–H and O–H groups in total. The van der Waals surface area contributed by atoms with Crippen LogP contribution >= 0.6 is 0 Å². The lowest BCUT2D eigenvalue weighted by Gasteiger charge is -2.34. The van der Waals surface area contributed by atoms with Crippen LogP contribution in [-0.4, -0.2) is 108 Å². The normalized spacial score (nSPS) is 17.9. The van der Waals surface area contributed by atoms with Gasteiger partial charge < -0.3 is 24.4 Å². The van der Waals surface area contributed by atoms with E-state index in [2.05, 4.69) is 58.4 Å². The van der Waals surface area contributed by atoms with E-state index >= 15 is 0 Å². The first-order chi connectivity index (χ1) is 18.4. The van der Waals surface area contributed by atoms with Gasteiger partial charge in [-0.1, -0.05) is 12.1 Å². The molecule has 1 aromatic heterocycles. The third kappa shape index (κ3) is 6.06. The van der Waals surface area contributed by atoms with Crippen molar-refractivity contribution in [2.75, 3.05) is 72.5 Å². The summed E-state index contributed by atoms with van der Waals surface area (Å²) in [6, 6.07) is 13.8. The summed E-state index contributed by atoms with van der Waals surface area (Å²) in [5, 5.41) is 10.9. The van der Waals surface area contributed by atoms with Crippen LogP contribution in [-0.2, 0) is 13.0 Å². The smallest absolute Gasteiger partial charge is 0.253 e. The minimum absolute atomic E-state index is 0.138. The van der Waals surface area contributed by atoms with Crippen LogP contribution in [0.4, 0.5) is 0 Å². The molecule has 3 aromatic rings. The van der Waals surface area contributed by atoms with E-state index in [-0.39, 0.29) is 5.91 Å². The van der Waals surface area contributed by atoms with Crippen LogP contribution in [0.2, 0.25) is 0 Å². The van der Waals surface area contributed by atoms with Gasteiger partial charge in [-0.05, 0) is 81.7 Å². The molecule has 38 heavy (non-hydrogen) atoms. The monoisotopic (exact) mass is 517 g/mol. The lowest BCUT2D eigenvalue weighted by Crippen LogP contribution is -2.49. The molecule has 3 heterocycles. The highest BCUT2D eigenvalue weighted by molar-refractivity contribution is 5.99. The van der Waals surface area contributed by atoms with Crippen molar-refractivity contribution >= 4 is 16.8 Å². The van der Waals surface area contributed by atoms with E-state index in [1.54, 1.807) is 6.07 Å². The Bertz CT molecular complexity index is 1250. The molecule has 2 aliphatic rings. The van der Waals surface area contributed by atoms with E-state index in [4.69, 9.17) is 0 Å². The van der Waals surface area contributed by atoms with Gasteiger partial charge in [-0.15, -0.1) is 0 Å². The molecule has 0 atom stereocenters. The Hall–Kier alpha value is -2.87. The molecule has 0 saturated carbocycles. The Labute approximate surface area is 227 Å². The molecule has 0 spiro atoms. The van der Waals surface area contributed by atoms with Gasteiger partial charge in [0.05, 0.1) is 0 Å². The van der Waals surface area contributed by atoms with Gasteiger partial charge in [0.1, 0.15) is 5.75 Å². The molecule has 2 saturated heterocycles. The topological polar surface area (TPSA) is 55.2 Å². The van der Waals surface area contributed by atoms with Crippen molar-refractivity contribution in [3.63, 3.8) is 0 Å². The molecule has 0 unspecified atom stereocenters. The number of aromatic nitrogens is 1. The van der Waals surface area contributed by atoms with Crippen molar-refractivity contribution < 1.29 is 9.90 Å². The van der Waals surface area contributed by atoms with Crippen LogP contribution in [0, 0.1) is 13.8 Å². The van der Waals surface area contributed by atoms with Gasteiger partial charge in [0, 0.05) is 87.6 Å². The number of carbonyl (C=O) groups is 1. The fourth-order valence-corrected chi connectivity index (χ4v) is 5.95. The molecule has 0 bridgehead atoms.